The zero-order chi connectivity index (χ0) is 53.6. The third kappa shape index (κ3) is 59.2. The molecule has 0 fully saturated rings. The molecule has 1 atom stereocenters. The first-order valence-corrected chi connectivity index (χ1v) is 31.2. The van der Waals surface area contributed by atoms with E-state index in [0.29, 0.717) is 19.3 Å². The number of hydrogen-bond acceptors (Lipinski definition) is 6. The number of carbonyl (C=O) groups is 3. The van der Waals surface area contributed by atoms with Gasteiger partial charge < -0.3 is 14.2 Å². The fraction of sp³-hybridized carbons (Fsp3) is 0.721. The van der Waals surface area contributed by atoms with E-state index in [-0.39, 0.29) is 31.6 Å². The number of allylic oxidation sites excluding steroid dienone is 16. The van der Waals surface area contributed by atoms with Gasteiger partial charge >= 0.3 is 17.9 Å². The molecule has 0 aliphatic rings. The molecule has 6 nitrogen and oxygen atoms in total. The zero-order valence-electron chi connectivity index (χ0n) is 48.6. The minimum absolute atomic E-state index is 0.110. The molecule has 74 heavy (non-hydrogen) atoms. The Kier molecular flexibility index (Phi) is 58.8. The molecule has 0 aliphatic carbocycles. The summed E-state index contributed by atoms with van der Waals surface area (Å²) in [6, 6.07) is 0. The highest BCUT2D eigenvalue weighted by Crippen LogP contribution is 2.16. The summed E-state index contributed by atoms with van der Waals surface area (Å²) in [7, 11) is 0. The van der Waals surface area contributed by atoms with Gasteiger partial charge in [0, 0.05) is 19.3 Å². The van der Waals surface area contributed by atoms with E-state index in [2.05, 4.69) is 112 Å². The first-order valence-electron chi connectivity index (χ1n) is 31.2. The molecule has 0 saturated heterocycles. The average Bonchev–Trinajstić information content (AvgIpc) is 3.40. The molecule has 1 unspecified atom stereocenters. The van der Waals surface area contributed by atoms with Gasteiger partial charge in [-0.15, -0.1) is 0 Å². The van der Waals surface area contributed by atoms with Gasteiger partial charge in [-0.25, -0.2) is 0 Å². The number of ether oxygens (including phenoxy) is 3. The van der Waals surface area contributed by atoms with E-state index in [4.69, 9.17) is 14.2 Å². The van der Waals surface area contributed by atoms with E-state index in [1.807, 2.05) is 6.08 Å². The second-order valence-electron chi connectivity index (χ2n) is 20.6. The van der Waals surface area contributed by atoms with Crippen LogP contribution >= 0.6 is 0 Å². The van der Waals surface area contributed by atoms with E-state index in [9.17, 15) is 14.4 Å². The smallest absolute Gasteiger partial charge is 0.306 e. The van der Waals surface area contributed by atoms with Crippen LogP contribution in [-0.2, 0) is 28.6 Å². The summed E-state index contributed by atoms with van der Waals surface area (Å²) < 4.78 is 16.8. The molecule has 0 aromatic rings. The maximum Gasteiger partial charge on any atom is 0.306 e. The molecule has 0 amide bonds. The molecule has 0 radical (unpaired) electrons. The SMILES string of the molecule is CC/C=C\C/C=C\C/C=C\C/C=C\C/C=C\C/C=C\CCC(=O)OC(COC(=O)CCCCCCC/C=C\C/C=C\CCCCC)COC(=O)CCCCCCCCCCCCCCCCCCCCCCCC. The lowest BCUT2D eigenvalue weighted by molar-refractivity contribution is -0.166. The summed E-state index contributed by atoms with van der Waals surface area (Å²) >= 11 is 0. The number of unbranched alkanes of at least 4 members (excludes halogenated alkanes) is 29. The van der Waals surface area contributed by atoms with Gasteiger partial charge in [0.2, 0.25) is 0 Å². The first kappa shape index (κ1) is 70.3. The summed E-state index contributed by atoms with van der Waals surface area (Å²) in [5.41, 5.74) is 0. The maximum absolute atomic E-state index is 12.9. The van der Waals surface area contributed by atoms with Crippen LogP contribution in [0.4, 0.5) is 0 Å². The Morgan fingerprint density at radius 1 is 0.284 bits per heavy atom. The van der Waals surface area contributed by atoms with Crippen molar-refractivity contribution < 1.29 is 28.6 Å². The molecule has 0 bridgehead atoms. The second kappa shape index (κ2) is 61.9. The molecular formula is C68H116O6. The monoisotopic (exact) mass is 1030 g/mol. The first-order chi connectivity index (χ1) is 36.5. The number of esters is 3. The van der Waals surface area contributed by atoms with Crippen LogP contribution in [0, 0.1) is 0 Å². The van der Waals surface area contributed by atoms with Gasteiger partial charge in [-0.05, 0) is 89.9 Å². The van der Waals surface area contributed by atoms with Crippen LogP contribution in [0.2, 0.25) is 0 Å². The third-order valence-corrected chi connectivity index (χ3v) is 13.3. The molecule has 0 spiro atoms. The Balaban J connectivity index is 4.45. The second-order valence-corrected chi connectivity index (χ2v) is 20.6. The maximum atomic E-state index is 12.9. The highest BCUT2D eigenvalue weighted by Gasteiger charge is 2.19. The van der Waals surface area contributed by atoms with Gasteiger partial charge in [0.15, 0.2) is 6.10 Å². The zero-order valence-corrected chi connectivity index (χ0v) is 48.6. The van der Waals surface area contributed by atoms with Crippen molar-refractivity contribution in [3.05, 3.63) is 97.2 Å². The molecule has 0 aromatic heterocycles. The third-order valence-electron chi connectivity index (χ3n) is 13.3. The van der Waals surface area contributed by atoms with Crippen molar-refractivity contribution in [2.45, 2.75) is 303 Å². The summed E-state index contributed by atoms with van der Waals surface area (Å²) in [5, 5.41) is 0. The Morgan fingerprint density at radius 2 is 0.554 bits per heavy atom. The summed E-state index contributed by atoms with van der Waals surface area (Å²) in [6.45, 7) is 6.46. The van der Waals surface area contributed by atoms with E-state index >= 15 is 0 Å². The van der Waals surface area contributed by atoms with Crippen molar-refractivity contribution in [1.82, 2.24) is 0 Å². The van der Waals surface area contributed by atoms with Gasteiger partial charge in [0.05, 0.1) is 0 Å². The van der Waals surface area contributed by atoms with Gasteiger partial charge in [-0.2, -0.15) is 0 Å². The van der Waals surface area contributed by atoms with Gasteiger partial charge in [0.25, 0.3) is 0 Å². The lowest BCUT2D eigenvalue weighted by Crippen LogP contribution is -2.30. The average molecular weight is 1030 g/mol. The molecule has 0 aromatic carbocycles. The highest BCUT2D eigenvalue weighted by atomic mass is 16.6. The van der Waals surface area contributed by atoms with E-state index in [1.54, 1.807) is 0 Å². The van der Waals surface area contributed by atoms with Crippen LogP contribution < -0.4 is 0 Å². The Hall–Kier alpha value is -3.67. The van der Waals surface area contributed by atoms with Crippen molar-refractivity contribution >= 4 is 17.9 Å². The lowest BCUT2D eigenvalue weighted by Gasteiger charge is -2.18. The molecule has 0 aliphatic heterocycles. The summed E-state index contributed by atoms with van der Waals surface area (Å²) in [5.74, 6) is -1.00. The van der Waals surface area contributed by atoms with Crippen LogP contribution in [0.1, 0.15) is 297 Å². The fourth-order valence-electron chi connectivity index (χ4n) is 8.68. The molecule has 0 saturated carbocycles. The van der Waals surface area contributed by atoms with Crippen LogP contribution in [0.15, 0.2) is 97.2 Å². The van der Waals surface area contributed by atoms with Crippen LogP contribution in [0.25, 0.3) is 0 Å². The molecule has 0 heterocycles. The summed E-state index contributed by atoms with van der Waals surface area (Å²) in [4.78, 5) is 38.2. The largest absolute Gasteiger partial charge is 0.462 e. The van der Waals surface area contributed by atoms with E-state index in [0.717, 1.165) is 103 Å². The van der Waals surface area contributed by atoms with E-state index < -0.39 is 12.1 Å². The minimum atomic E-state index is -0.824. The normalized spacial score (nSPS) is 12.7. The predicted octanol–water partition coefficient (Wildman–Crippen LogP) is 21.3. The van der Waals surface area contributed by atoms with E-state index in [1.165, 1.54) is 148 Å². The van der Waals surface area contributed by atoms with Gasteiger partial charge in [-0.3, -0.25) is 14.4 Å². The van der Waals surface area contributed by atoms with Gasteiger partial charge in [-0.1, -0.05) is 285 Å². The molecule has 0 rings (SSSR count). The topological polar surface area (TPSA) is 78.9 Å². The Morgan fingerprint density at radius 3 is 0.905 bits per heavy atom. The van der Waals surface area contributed by atoms with Crippen LogP contribution in [-0.4, -0.2) is 37.2 Å². The minimum Gasteiger partial charge on any atom is -0.462 e. The fourth-order valence-corrected chi connectivity index (χ4v) is 8.68. The number of carbonyl (C=O) groups excluding carboxylic acids is 3. The van der Waals surface area contributed by atoms with Gasteiger partial charge in [0.1, 0.15) is 13.2 Å². The highest BCUT2D eigenvalue weighted by molar-refractivity contribution is 5.71. The Labute approximate surface area is 457 Å². The number of hydrogen-bond donors (Lipinski definition) is 0. The quantitative estimate of drug-likeness (QED) is 0.0261. The predicted molar refractivity (Wildman–Crippen MR) is 320 cm³/mol. The van der Waals surface area contributed by atoms with Crippen molar-refractivity contribution in [2.75, 3.05) is 13.2 Å². The van der Waals surface area contributed by atoms with Crippen molar-refractivity contribution in [2.24, 2.45) is 0 Å². The Bertz CT molecular complexity index is 1460. The molecule has 6 heteroatoms. The molecular weight excluding hydrogens is 913 g/mol. The lowest BCUT2D eigenvalue weighted by atomic mass is 10.0. The van der Waals surface area contributed by atoms with Crippen molar-refractivity contribution in [3.63, 3.8) is 0 Å². The van der Waals surface area contributed by atoms with Crippen LogP contribution in [0.5, 0.6) is 0 Å². The standard InChI is InChI=1S/C68H116O6/c1-4-7-10-13-16-19-22-25-28-30-32-33-34-36-37-40-43-46-49-52-55-58-61-67(70)73-64-65(63-72-66(69)60-57-54-51-48-45-42-39-27-24-21-18-15-12-9-6-3)74-68(71)62-59-56-53-50-47-44-41-38-35-31-29-26-23-20-17-14-11-8-5-2/h8,11,17-18,20-21,26-27,29,35,38-39,44,47,53,56,65H,4-7,9-10,12-16,19,22-25,28,30-34,36-37,40-43,45-46,48-52,54-55,57-64H2,1-3H3/b11-8-,20-17-,21-18-,29-26-,38-35-,39-27-,47-44-,56-53-. The van der Waals surface area contributed by atoms with Crippen LogP contribution in [0.3, 0.4) is 0 Å². The summed E-state index contributed by atoms with van der Waals surface area (Å²) in [6.07, 6.45) is 82.8. The molecule has 424 valence electrons. The van der Waals surface area contributed by atoms with Crippen molar-refractivity contribution in [3.8, 4) is 0 Å². The molecule has 0 N–H and O–H groups in total. The number of rotatable bonds is 56. The van der Waals surface area contributed by atoms with Crippen molar-refractivity contribution in [1.29, 1.82) is 0 Å².